The molecular weight excluding hydrogens is 496 g/mol. The van der Waals surface area contributed by atoms with E-state index in [0.717, 1.165) is 0 Å². The highest BCUT2D eigenvalue weighted by Gasteiger charge is 2.51. The van der Waals surface area contributed by atoms with E-state index in [-0.39, 0.29) is 26.1 Å². The fraction of sp³-hybridized carbons (Fsp3) is 1.00. The molecule has 16 nitrogen and oxygen atoms in total. The molecule has 0 radical (unpaired) electrons. The van der Waals surface area contributed by atoms with Crippen LogP contribution in [-0.4, -0.2) is 143 Å². The average Bonchev–Trinajstić information content (AvgIpc) is 2.86. The molecule has 3 aliphatic rings. The average molecular weight is 541 g/mol. The zero-order chi connectivity index (χ0) is 27.6. The molecule has 17 N–H and O–H groups in total. The molecule has 2 aliphatic heterocycles. The largest absolute Gasteiger partial charge is 0.389 e. The van der Waals surface area contributed by atoms with E-state index >= 15 is 0 Å². The quantitative estimate of drug-likeness (QED) is 0.129. The molecule has 0 bridgehead atoms. The van der Waals surface area contributed by atoms with Crippen LogP contribution in [0.2, 0.25) is 0 Å². The monoisotopic (exact) mass is 540 g/mol. The molecule has 1 saturated carbocycles. The van der Waals surface area contributed by atoms with Gasteiger partial charge < -0.3 is 83.6 Å². The van der Waals surface area contributed by atoms with Gasteiger partial charge in [-0.2, -0.15) is 0 Å². The second-order valence-corrected chi connectivity index (χ2v) is 10.1. The van der Waals surface area contributed by atoms with Gasteiger partial charge in [-0.25, -0.2) is 0 Å². The number of ether oxygens (including phenoxy) is 5. The lowest BCUT2D eigenvalue weighted by molar-refractivity contribution is -0.317. The summed E-state index contributed by atoms with van der Waals surface area (Å²) in [7, 11) is 0. The molecule has 37 heavy (non-hydrogen) atoms. The Morgan fingerprint density at radius 2 is 1.38 bits per heavy atom. The predicted octanol–water partition coefficient (Wildman–Crippen LogP) is -6.95. The lowest BCUT2D eigenvalue weighted by Crippen LogP contribution is -2.69. The smallest absolute Gasteiger partial charge is 0.186 e. The zero-order valence-electron chi connectivity index (χ0n) is 20.8. The second-order valence-electron chi connectivity index (χ2n) is 10.1. The van der Waals surface area contributed by atoms with Crippen molar-refractivity contribution in [1.82, 2.24) is 0 Å². The van der Waals surface area contributed by atoms with E-state index in [1.54, 1.807) is 6.92 Å². The molecule has 2 heterocycles. The highest BCUT2D eigenvalue weighted by atomic mass is 16.7. The van der Waals surface area contributed by atoms with Crippen LogP contribution in [0.5, 0.6) is 0 Å². The Morgan fingerprint density at radius 1 is 0.784 bits per heavy atom. The van der Waals surface area contributed by atoms with Crippen molar-refractivity contribution >= 4 is 0 Å². The summed E-state index contributed by atoms with van der Waals surface area (Å²) in [6.45, 7) is 1.46. The summed E-state index contributed by atoms with van der Waals surface area (Å²) in [4.78, 5) is 0. The maximum atomic E-state index is 11.1. The first-order valence-electron chi connectivity index (χ1n) is 12.5. The van der Waals surface area contributed by atoms with Crippen LogP contribution in [0.25, 0.3) is 0 Å². The topological polar surface area (TPSA) is 303 Å². The van der Waals surface area contributed by atoms with Crippen molar-refractivity contribution in [2.45, 2.75) is 111 Å². The maximum absolute atomic E-state index is 11.1. The van der Waals surface area contributed by atoms with Crippen molar-refractivity contribution in [2.24, 2.45) is 34.4 Å². The summed E-state index contributed by atoms with van der Waals surface area (Å²) in [5, 5.41) is 51.9. The van der Waals surface area contributed by atoms with Crippen LogP contribution < -0.4 is 34.4 Å². The Kier molecular flexibility index (Phi) is 11.0. The van der Waals surface area contributed by atoms with Gasteiger partial charge in [-0.1, -0.05) is 0 Å². The number of rotatable bonds is 9. The second kappa shape index (κ2) is 13.1. The molecule has 16 heteroatoms. The van der Waals surface area contributed by atoms with Crippen molar-refractivity contribution in [3.05, 3.63) is 0 Å². The standard InChI is InChI=1S/C21H44N6O10/c1-6-17(33-5-7(28)3-22)11(26)15(31)21(34-6)37-19-9(25)2-8(24)18(16(19)32)36-20-12(27)14(30)13(29)10(4-23)35-20/h6-21,28-32H,2-5,22-27H2,1H3/t6-,7+,8+,9-,10-,11-,12-,13-,14-,15-,16+,17-,18-,19+,20-,21-/m1/s1. The minimum Gasteiger partial charge on any atom is -0.389 e. The van der Waals surface area contributed by atoms with Gasteiger partial charge >= 0.3 is 0 Å². The van der Waals surface area contributed by atoms with Crippen molar-refractivity contribution in [3.8, 4) is 0 Å². The number of hydrogen-bond acceptors (Lipinski definition) is 16. The Balaban J connectivity index is 1.67. The van der Waals surface area contributed by atoms with Gasteiger partial charge in [0.25, 0.3) is 0 Å². The van der Waals surface area contributed by atoms with Crippen LogP contribution in [0.4, 0.5) is 0 Å². The molecule has 0 amide bonds. The molecule has 0 spiro atoms. The van der Waals surface area contributed by atoms with Gasteiger partial charge in [0.1, 0.15) is 48.8 Å². The highest BCUT2D eigenvalue weighted by molar-refractivity contribution is 5.01. The van der Waals surface area contributed by atoms with Crippen LogP contribution in [0, 0.1) is 0 Å². The van der Waals surface area contributed by atoms with Crippen LogP contribution in [0.3, 0.4) is 0 Å². The van der Waals surface area contributed by atoms with Gasteiger partial charge in [0.2, 0.25) is 0 Å². The molecule has 0 aromatic rings. The Bertz CT molecular complexity index is 715. The summed E-state index contributed by atoms with van der Waals surface area (Å²) in [5.74, 6) is 0. The van der Waals surface area contributed by atoms with E-state index in [0.29, 0.717) is 0 Å². The Morgan fingerprint density at radius 3 is 1.95 bits per heavy atom. The fourth-order valence-electron chi connectivity index (χ4n) is 4.93. The third kappa shape index (κ3) is 6.75. The van der Waals surface area contributed by atoms with E-state index in [1.165, 1.54) is 0 Å². The molecule has 3 fully saturated rings. The normalized spacial score (nSPS) is 50.1. The molecule has 16 atom stereocenters. The SMILES string of the molecule is C[C@H]1O[C@H](O[C@@H]2[C@@H](O)[C@H](O[C@H]3O[C@H](CN)[C@@H](O)[C@H](O)[C@H]3N)[C@@H](N)C[C@H]2N)[C@H](O)[C@@H](N)[C@@H]1OC[C@@H](O)CN. The molecule has 0 unspecified atom stereocenters. The zero-order valence-corrected chi connectivity index (χ0v) is 20.8. The van der Waals surface area contributed by atoms with Crippen LogP contribution >= 0.6 is 0 Å². The highest BCUT2D eigenvalue weighted by Crippen LogP contribution is 2.31. The lowest BCUT2D eigenvalue weighted by Gasteiger charge is -2.48. The minimum absolute atomic E-state index is 0.00244. The van der Waals surface area contributed by atoms with E-state index in [1.807, 2.05) is 0 Å². The molecule has 1 aliphatic carbocycles. The fourth-order valence-corrected chi connectivity index (χ4v) is 4.93. The third-order valence-electron chi connectivity index (χ3n) is 7.24. The number of hydrogen-bond donors (Lipinski definition) is 11. The van der Waals surface area contributed by atoms with Crippen molar-refractivity contribution < 1.29 is 49.2 Å². The van der Waals surface area contributed by atoms with Crippen LogP contribution in [0.1, 0.15) is 13.3 Å². The van der Waals surface area contributed by atoms with Gasteiger partial charge in [0.05, 0.1) is 30.9 Å². The number of nitrogens with two attached hydrogens (primary N) is 6. The number of aliphatic hydroxyl groups is 5. The summed E-state index contributed by atoms with van der Waals surface area (Å²) in [6, 6.07) is -3.61. The first kappa shape index (κ1) is 30.9. The van der Waals surface area contributed by atoms with Gasteiger partial charge in [0.15, 0.2) is 12.6 Å². The van der Waals surface area contributed by atoms with E-state index in [9.17, 15) is 25.5 Å². The summed E-state index contributed by atoms with van der Waals surface area (Å²) in [6.07, 6.45) is -13.2. The molecule has 2 saturated heterocycles. The van der Waals surface area contributed by atoms with E-state index < -0.39 is 97.8 Å². The first-order chi connectivity index (χ1) is 17.4. The Labute approximate surface area is 215 Å². The van der Waals surface area contributed by atoms with Crippen molar-refractivity contribution in [3.63, 3.8) is 0 Å². The lowest BCUT2D eigenvalue weighted by atomic mass is 9.84. The van der Waals surface area contributed by atoms with Crippen molar-refractivity contribution in [2.75, 3.05) is 19.7 Å². The summed E-state index contributed by atoms with van der Waals surface area (Å²) in [5.41, 5.74) is 35.6. The van der Waals surface area contributed by atoms with Crippen LogP contribution in [-0.2, 0) is 23.7 Å². The maximum Gasteiger partial charge on any atom is 0.186 e. The molecular formula is C21H44N6O10. The Hall–Kier alpha value is -0.640. The molecule has 3 rings (SSSR count). The minimum atomic E-state index is -1.41. The first-order valence-corrected chi connectivity index (χ1v) is 12.5. The predicted molar refractivity (Wildman–Crippen MR) is 127 cm³/mol. The van der Waals surface area contributed by atoms with E-state index in [2.05, 4.69) is 0 Å². The van der Waals surface area contributed by atoms with Crippen molar-refractivity contribution in [1.29, 1.82) is 0 Å². The van der Waals surface area contributed by atoms with Crippen LogP contribution in [0.15, 0.2) is 0 Å². The van der Waals surface area contributed by atoms with Gasteiger partial charge in [-0.05, 0) is 13.3 Å². The van der Waals surface area contributed by atoms with Gasteiger partial charge in [0, 0.05) is 25.2 Å². The van der Waals surface area contributed by atoms with Gasteiger partial charge in [-0.3, -0.25) is 0 Å². The van der Waals surface area contributed by atoms with E-state index in [4.69, 9.17) is 58.1 Å². The third-order valence-corrected chi connectivity index (χ3v) is 7.24. The van der Waals surface area contributed by atoms with Gasteiger partial charge in [-0.15, -0.1) is 0 Å². The molecule has 218 valence electrons. The number of aliphatic hydroxyl groups excluding tert-OH is 5. The molecule has 0 aromatic carbocycles. The molecule has 0 aromatic heterocycles. The summed E-state index contributed by atoms with van der Waals surface area (Å²) >= 11 is 0. The summed E-state index contributed by atoms with van der Waals surface area (Å²) < 4.78 is 28.8.